The average Bonchev–Trinajstić information content (AvgIpc) is 2.45. The molecule has 20 heavy (non-hydrogen) atoms. The molecule has 1 aromatic rings. The van der Waals surface area contributed by atoms with Crippen LogP contribution >= 0.6 is 11.8 Å². The Kier molecular flexibility index (Phi) is 4.93. The molecule has 1 saturated heterocycles. The summed E-state index contributed by atoms with van der Waals surface area (Å²) in [5, 5.41) is 0. The fraction of sp³-hybridized carbons (Fsp3) is 0.462. The van der Waals surface area contributed by atoms with E-state index in [0.717, 1.165) is 17.0 Å². The molecular formula is C13H15F3N2OS. The number of benzene rings is 1. The van der Waals surface area contributed by atoms with Crippen molar-refractivity contribution in [2.45, 2.75) is 11.1 Å². The zero-order chi connectivity index (χ0) is 14.6. The van der Waals surface area contributed by atoms with Crippen LogP contribution in [0.4, 0.5) is 18.9 Å². The molecule has 0 atom stereocenters. The molecule has 1 fully saturated rings. The molecule has 110 valence electrons. The number of alkyl halides is 3. The number of halogens is 3. The fourth-order valence-electron chi connectivity index (χ4n) is 1.80. The van der Waals surface area contributed by atoms with Crippen LogP contribution in [-0.2, 0) is 10.9 Å². The molecule has 0 amide bonds. The van der Waals surface area contributed by atoms with Crippen LogP contribution in [-0.4, -0.2) is 43.8 Å². The number of ether oxygens (including phenoxy) is 1. The third-order valence-electron chi connectivity index (χ3n) is 2.91. The van der Waals surface area contributed by atoms with E-state index >= 15 is 0 Å². The Morgan fingerprint density at radius 2 is 2.00 bits per heavy atom. The van der Waals surface area contributed by atoms with Gasteiger partial charge in [-0.15, -0.1) is 11.8 Å². The minimum Gasteiger partial charge on any atom is -0.378 e. The monoisotopic (exact) mass is 304 g/mol. The highest BCUT2D eigenvalue weighted by molar-refractivity contribution is 7.98. The van der Waals surface area contributed by atoms with Gasteiger partial charge in [-0.05, 0) is 24.5 Å². The molecule has 0 bridgehead atoms. The Morgan fingerprint density at radius 3 is 2.60 bits per heavy atom. The lowest BCUT2D eigenvalue weighted by molar-refractivity contribution is -0.137. The van der Waals surface area contributed by atoms with E-state index in [4.69, 9.17) is 4.74 Å². The molecule has 7 heteroatoms. The summed E-state index contributed by atoms with van der Waals surface area (Å²) in [5.74, 6) is 0. The fourth-order valence-corrected chi connectivity index (χ4v) is 2.33. The largest absolute Gasteiger partial charge is 0.416 e. The van der Waals surface area contributed by atoms with Crippen LogP contribution in [0.2, 0.25) is 0 Å². The Bertz CT molecular complexity index is 485. The van der Waals surface area contributed by atoms with Crippen molar-refractivity contribution < 1.29 is 17.9 Å². The molecule has 0 N–H and O–H groups in total. The molecule has 1 aliphatic heterocycles. The molecule has 2 rings (SSSR count). The molecule has 1 aromatic carbocycles. The van der Waals surface area contributed by atoms with Crippen LogP contribution in [0.3, 0.4) is 0 Å². The van der Waals surface area contributed by atoms with Gasteiger partial charge in [-0.1, -0.05) is 0 Å². The number of morpholine rings is 1. The Hall–Kier alpha value is -1.21. The maximum Gasteiger partial charge on any atom is 0.416 e. The van der Waals surface area contributed by atoms with E-state index in [2.05, 4.69) is 4.99 Å². The summed E-state index contributed by atoms with van der Waals surface area (Å²) in [4.78, 5) is 6.86. The minimum atomic E-state index is -4.35. The van der Waals surface area contributed by atoms with Crippen molar-refractivity contribution >= 4 is 23.8 Å². The summed E-state index contributed by atoms with van der Waals surface area (Å²) in [6, 6.07) is 3.63. The zero-order valence-electron chi connectivity index (χ0n) is 11.0. The van der Waals surface area contributed by atoms with E-state index < -0.39 is 11.7 Å². The number of nitrogens with zero attached hydrogens (tertiary/aromatic N) is 2. The summed E-state index contributed by atoms with van der Waals surface area (Å²) >= 11 is 1.38. The normalized spacial score (nSPS) is 16.9. The lowest BCUT2D eigenvalue weighted by Crippen LogP contribution is -2.35. The zero-order valence-corrected chi connectivity index (χ0v) is 11.8. The van der Waals surface area contributed by atoms with Gasteiger partial charge in [0.25, 0.3) is 0 Å². The predicted octanol–water partition coefficient (Wildman–Crippen LogP) is 3.42. The van der Waals surface area contributed by atoms with Gasteiger partial charge >= 0.3 is 6.18 Å². The van der Waals surface area contributed by atoms with Crippen LogP contribution in [0.1, 0.15) is 5.56 Å². The van der Waals surface area contributed by atoms with Crippen molar-refractivity contribution in [2.75, 3.05) is 32.6 Å². The Morgan fingerprint density at radius 1 is 1.30 bits per heavy atom. The standard InChI is InChI=1S/C13H15F3N2OS/c1-20-12-3-2-10(13(14,15)16)8-11(12)17-9-18-4-6-19-7-5-18/h2-3,8-9H,4-7H2,1H3. The molecule has 0 unspecified atom stereocenters. The number of thioether (sulfide) groups is 1. The van der Waals surface area contributed by atoms with Gasteiger partial charge < -0.3 is 9.64 Å². The second-order valence-corrected chi connectivity index (χ2v) is 5.13. The first-order chi connectivity index (χ1) is 9.50. The van der Waals surface area contributed by atoms with Gasteiger partial charge in [0, 0.05) is 18.0 Å². The van der Waals surface area contributed by atoms with Gasteiger partial charge in [0.05, 0.1) is 30.8 Å². The molecule has 1 aliphatic rings. The van der Waals surface area contributed by atoms with E-state index in [-0.39, 0.29) is 0 Å². The van der Waals surface area contributed by atoms with Crippen LogP contribution in [0, 0.1) is 0 Å². The second kappa shape index (κ2) is 6.49. The van der Waals surface area contributed by atoms with Gasteiger partial charge in [0.15, 0.2) is 0 Å². The summed E-state index contributed by atoms with van der Waals surface area (Å²) in [5.41, 5.74) is -0.330. The summed E-state index contributed by atoms with van der Waals surface area (Å²) in [6.07, 6.45) is -0.936. The molecule has 0 radical (unpaired) electrons. The summed E-state index contributed by atoms with van der Waals surface area (Å²) in [7, 11) is 0. The van der Waals surface area contributed by atoms with Gasteiger partial charge in [-0.25, -0.2) is 4.99 Å². The van der Waals surface area contributed by atoms with Crippen molar-refractivity contribution in [1.82, 2.24) is 4.90 Å². The van der Waals surface area contributed by atoms with Crippen LogP contribution < -0.4 is 0 Å². The number of aliphatic imine (C=N–C) groups is 1. The first-order valence-corrected chi connectivity index (χ1v) is 7.34. The summed E-state index contributed by atoms with van der Waals surface area (Å²) < 4.78 is 43.3. The average molecular weight is 304 g/mol. The molecule has 1 heterocycles. The lowest BCUT2D eigenvalue weighted by Gasteiger charge is -2.24. The third kappa shape index (κ3) is 3.89. The topological polar surface area (TPSA) is 24.8 Å². The number of hydrogen-bond acceptors (Lipinski definition) is 3. The van der Waals surface area contributed by atoms with E-state index in [1.54, 1.807) is 6.34 Å². The highest BCUT2D eigenvalue weighted by Crippen LogP contribution is 2.36. The van der Waals surface area contributed by atoms with E-state index in [0.29, 0.717) is 32.0 Å². The second-order valence-electron chi connectivity index (χ2n) is 4.28. The predicted molar refractivity (Wildman–Crippen MR) is 73.8 cm³/mol. The van der Waals surface area contributed by atoms with Crippen LogP contribution in [0.15, 0.2) is 28.1 Å². The smallest absolute Gasteiger partial charge is 0.378 e. The molecule has 0 saturated carbocycles. The molecule has 0 aromatic heterocycles. The van der Waals surface area contributed by atoms with E-state index in [1.807, 2.05) is 11.2 Å². The molecule has 0 spiro atoms. The van der Waals surface area contributed by atoms with Crippen LogP contribution in [0.5, 0.6) is 0 Å². The quantitative estimate of drug-likeness (QED) is 0.486. The van der Waals surface area contributed by atoms with Crippen molar-refractivity contribution in [3.63, 3.8) is 0 Å². The molecular weight excluding hydrogens is 289 g/mol. The first-order valence-electron chi connectivity index (χ1n) is 6.12. The minimum absolute atomic E-state index is 0.346. The van der Waals surface area contributed by atoms with Gasteiger partial charge in [0.1, 0.15) is 0 Å². The van der Waals surface area contributed by atoms with E-state index in [1.165, 1.54) is 17.8 Å². The molecule has 3 nitrogen and oxygen atoms in total. The maximum atomic E-state index is 12.7. The van der Waals surface area contributed by atoms with Gasteiger partial charge in [-0.2, -0.15) is 13.2 Å². The molecule has 0 aliphatic carbocycles. The van der Waals surface area contributed by atoms with Crippen LogP contribution in [0.25, 0.3) is 0 Å². The summed E-state index contributed by atoms with van der Waals surface area (Å²) in [6.45, 7) is 2.64. The Labute approximate surface area is 119 Å². The maximum absolute atomic E-state index is 12.7. The first kappa shape index (κ1) is 15.2. The highest BCUT2D eigenvalue weighted by Gasteiger charge is 2.30. The van der Waals surface area contributed by atoms with E-state index in [9.17, 15) is 13.2 Å². The van der Waals surface area contributed by atoms with Gasteiger partial charge in [0.2, 0.25) is 0 Å². The number of rotatable bonds is 3. The highest BCUT2D eigenvalue weighted by atomic mass is 32.2. The third-order valence-corrected chi connectivity index (χ3v) is 3.70. The SMILES string of the molecule is CSc1ccc(C(F)(F)F)cc1N=CN1CCOCC1. The number of hydrogen-bond donors (Lipinski definition) is 0. The van der Waals surface area contributed by atoms with Crippen molar-refractivity contribution in [3.05, 3.63) is 23.8 Å². The van der Waals surface area contributed by atoms with Gasteiger partial charge in [-0.3, -0.25) is 0 Å². The van der Waals surface area contributed by atoms with Crippen molar-refractivity contribution in [2.24, 2.45) is 4.99 Å². The lowest BCUT2D eigenvalue weighted by atomic mass is 10.2. The van der Waals surface area contributed by atoms with Crippen molar-refractivity contribution in [1.29, 1.82) is 0 Å². The van der Waals surface area contributed by atoms with Crippen molar-refractivity contribution in [3.8, 4) is 0 Å². The Balaban J connectivity index is 2.21.